The van der Waals surface area contributed by atoms with Crippen LogP contribution in [0.25, 0.3) is 5.57 Å². The highest BCUT2D eigenvalue weighted by Gasteiger charge is 2.15. The second kappa shape index (κ2) is 5.35. The van der Waals surface area contributed by atoms with Gasteiger partial charge in [-0.05, 0) is 17.7 Å². The smallest absolute Gasteiger partial charge is 0.167 e. The van der Waals surface area contributed by atoms with E-state index in [-0.39, 0.29) is 11.7 Å². The van der Waals surface area contributed by atoms with Gasteiger partial charge in [-0.25, -0.2) is 0 Å². The van der Waals surface area contributed by atoms with Crippen molar-refractivity contribution in [3.63, 3.8) is 0 Å². The molecule has 0 unspecified atom stereocenters. The Hall–Kier alpha value is -1.77. The summed E-state index contributed by atoms with van der Waals surface area (Å²) in [6.07, 6.45) is 1.36. The van der Waals surface area contributed by atoms with Crippen molar-refractivity contribution in [1.82, 2.24) is 0 Å². The number of ether oxygens (including phenoxy) is 1. The number of Topliss-reactive ketones (excluding diaryl/α,β-unsaturated/α-hetero) is 1. The van der Waals surface area contributed by atoms with E-state index in [0.717, 1.165) is 5.56 Å². The molecule has 0 saturated heterocycles. The largest absolute Gasteiger partial charge is 0.497 e. The van der Waals surface area contributed by atoms with Crippen LogP contribution in [0.4, 0.5) is 0 Å². The van der Waals surface area contributed by atoms with Crippen LogP contribution in [0.15, 0.2) is 30.5 Å². The molecule has 0 fully saturated rings. The average Bonchev–Trinajstić information content (AvgIpc) is 2.30. The van der Waals surface area contributed by atoms with E-state index in [0.29, 0.717) is 11.3 Å². The third-order valence-corrected chi connectivity index (χ3v) is 2.34. The number of ketones is 1. The van der Waals surface area contributed by atoms with Crippen LogP contribution in [0.2, 0.25) is 0 Å². The number of carbonyl (C=O) groups is 1. The minimum Gasteiger partial charge on any atom is -0.497 e. The van der Waals surface area contributed by atoms with Gasteiger partial charge in [0.15, 0.2) is 5.78 Å². The SMILES string of the molecule is COc1cccc(C(=CN)C(=O)C(C)C)c1. The molecule has 0 aliphatic rings. The Balaban J connectivity index is 3.10. The Kier molecular flexibility index (Phi) is 4.11. The van der Waals surface area contributed by atoms with Crippen LogP contribution in [-0.2, 0) is 4.79 Å². The number of rotatable bonds is 4. The van der Waals surface area contributed by atoms with Crippen molar-refractivity contribution >= 4 is 11.4 Å². The van der Waals surface area contributed by atoms with Gasteiger partial charge in [0.2, 0.25) is 0 Å². The molecule has 0 atom stereocenters. The van der Waals surface area contributed by atoms with E-state index in [9.17, 15) is 4.79 Å². The molecule has 0 aliphatic heterocycles. The summed E-state index contributed by atoms with van der Waals surface area (Å²) in [5.41, 5.74) is 6.84. The van der Waals surface area contributed by atoms with Gasteiger partial charge >= 0.3 is 0 Å². The molecule has 1 aromatic carbocycles. The molecule has 0 heterocycles. The summed E-state index contributed by atoms with van der Waals surface area (Å²) in [7, 11) is 1.59. The monoisotopic (exact) mass is 219 g/mol. The quantitative estimate of drug-likeness (QED) is 0.790. The maximum atomic E-state index is 11.9. The molecule has 86 valence electrons. The number of allylic oxidation sites excluding steroid dienone is 1. The Bertz CT molecular complexity index is 408. The fourth-order valence-electron chi connectivity index (χ4n) is 1.42. The van der Waals surface area contributed by atoms with Crippen LogP contribution in [-0.4, -0.2) is 12.9 Å². The van der Waals surface area contributed by atoms with E-state index >= 15 is 0 Å². The van der Waals surface area contributed by atoms with Crippen LogP contribution in [0, 0.1) is 5.92 Å². The van der Waals surface area contributed by atoms with Crippen molar-refractivity contribution in [2.75, 3.05) is 7.11 Å². The Morgan fingerprint density at radius 1 is 1.44 bits per heavy atom. The minimum absolute atomic E-state index is 0.0377. The molecule has 1 aromatic rings. The third kappa shape index (κ3) is 2.63. The lowest BCUT2D eigenvalue weighted by molar-refractivity contribution is -0.116. The molecule has 0 saturated carbocycles. The number of hydrogen-bond donors (Lipinski definition) is 1. The third-order valence-electron chi connectivity index (χ3n) is 2.34. The van der Waals surface area contributed by atoms with Crippen LogP contribution < -0.4 is 10.5 Å². The van der Waals surface area contributed by atoms with Gasteiger partial charge in [0.1, 0.15) is 5.75 Å². The molecule has 3 nitrogen and oxygen atoms in total. The maximum Gasteiger partial charge on any atom is 0.167 e. The lowest BCUT2D eigenvalue weighted by Gasteiger charge is -2.09. The van der Waals surface area contributed by atoms with Crippen LogP contribution in [0.5, 0.6) is 5.75 Å². The molecular weight excluding hydrogens is 202 g/mol. The van der Waals surface area contributed by atoms with E-state index in [2.05, 4.69) is 0 Å². The zero-order valence-electron chi connectivity index (χ0n) is 9.86. The zero-order chi connectivity index (χ0) is 12.1. The van der Waals surface area contributed by atoms with Crippen LogP contribution in [0.3, 0.4) is 0 Å². The molecule has 1 rings (SSSR count). The van der Waals surface area contributed by atoms with Crippen LogP contribution >= 0.6 is 0 Å². The molecule has 0 amide bonds. The first kappa shape index (κ1) is 12.3. The first-order valence-corrected chi connectivity index (χ1v) is 5.20. The Morgan fingerprint density at radius 2 is 2.12 bits per heavy atom. The predicted octanol–water partition coefficient (Wildman–Crippen LogP) is 2.22. The predicted molar refractivity (Wildman–Crippen MR) is 65.0 cm³/mol. The average molecular weight is 219 g/mol. The normalized spacial score (nSPS) is 11.6. The van der Waals surface area contributed by atoms with Gasteiger partial charge in [0.25, 0.3) is 0 Å². The van der Waals surface area contributed by atoms with Gasteiger partial charge in [-0.1, -0.05) is 26.0 Å². The number of nitrogens with two attached hydrogens (primary N) is 1. The molecule has 0 aliphatic carbocycles. The molecule has 16 heavy (non-hydrogen) atoms. The van der Waals surface area contributed by atoms with Gasteiger partial charge in [-0.2, -0.15) is 0 Å². The van der Waals surface area contributed by atoms with Gasteiger partial charge < -0.3 is 10.5 Å². The fourth-order valence-corrected chi connectivity index (χ4v) is 1.42. The van der Waals surface area contributed by atoms with Crippen molar-refractivity contribution in [3.05, 3.63) is 36.0 Å². The van der Waals surface area contributed by atoms with Crippen molar-refractivity contribution in [3.8, 4) is 5.75 Å². The molecule has 0 radical (unpaired) electrons. The van der Waals surface area contributed by atoms with Gasteiger partial charge in [-0.15, -0.1) is 0 Å². The standard InChI is InChI=1S/C13H17NO2/c1-9(2)13(15)12(8-14)10-5-4-6-11(7-10)16-3/h4-9H,14H2,1-3H3. The summed E-state index contributed by atoms with van der Waals surface area (Å²) in [6, 6.07) is 7.32. The number of hydrogen-bond acceptors (Lipinski definition) is 3. The maximum absolute atomic E-state index is 11.9. The first-order chi connectivity index (χ1) is 7.60. The van der Waals surface area contributed by atoms with Gasteiger partial charge in [0, 0.05) is 17.7 Å². The molecule has 0 bridgehead atoms. The first-order valence-electron chi connectivity index (χ1n) is 5.20. The van der Waals surface area contributed by atoms with Gasteiger partial charge in [0.05, 0.1) is 7.11 Å². The highest BCUT2D eigenvalue weighted by atomic mass is 16.5. The second-order valence-electron chi connectivity index (χ2n) is 3.83. The van der Waals surface area contributed by atoms with E-state index in [1.165, 1.54) is 6.20 Å². The molecular formula is C13H17NO2. The fraction of sp³-hybridized carbons (Fsp3) is 0.308. The van der Waals surface area contributed by atoms with Crippen molar-refractivity contribution < 1.29 is 9.53 Å². The number of benzene rings is 1. The molecule has 2 N–H and O–H groups in total. The second-order valence-corrected chi connectivity index (χ2v) is 3.83. The number of methoxy groups -OCH3 is 1. The highest BCUT2D eigenvalue weighted by Crippen LogP contribution is 2.22. The Morgan fingerprint density at radius 3 is 2.62 bits per heavy atom. The molecule has 0 aromatic heterocycles. The number of carbonyl (C=O) groups excluding carboxylic acids is 1. The summed E-state index contributed by atoms with van der Waals surface area (Å²) < 4.78 is 5.11. The topological polar surface area (TPSA) is 52.3 Å². The summed E-state index contributed by atoms with van der Waals surface area (Å²) in [5, 5.41) is 0. The summed E-state index contributed by atoms with van der Waals surface area (Å²) in [6.45, 7) is 3.71. The van der Waals surface area contributed by atoms with Gasteiger partial charge in [-0.3, -0.25) is 4.79 Å². The lowest BCUT2D eigenvalue weighted by atomic mass is 9.95. The molecule has 3 heteroatoms. The van der Waals surface area contributed by atoms with Crippen molar-refractivity contribution in [1.29, 1.82) is 0 Å². The Labute approximate surface area is 95.9 Å². The lowest BCUT2D eigenvalue weighted by Crippen LogP contribution is -2.11. The van der Waals surface area contributed by atoms with E-state index in [1.807, 2.05) is 32.0 Å². The zero-order valence-corrected chi connectivity index (χ0v) is 9.86. The van der Waals surface area contributed by atoms with E-state index < -0.39 is 0 Å². The highest BCUT2D eigenvalue weighted by molar-refractivity contribution is 6.21. The molecule has 0 spiro atoms. The summed E-state index contributed by atoms with van der Waals surface area (Å²) in [4.78, 5) is 11.9. The minimum atomic E-state index is -0.0685. The summed E-state index contributed by atoms with van der Waals surface area (Å²) in [5.74, 6) is 0.685. The van der Waals surface area contributed by atoms with E-state index in [1.54, 1.807) is 13.2 Å². The van der Waals surface area contributed by atoms with Crippen molar-refractivity contribution in [2.45, 2.75) is 13.8 Å². The van der Waals surface area contributed by atoms with E-state index in [4.69, 9.17) is 10.5 Å². The van der Waals surface area contributed by atoms with Crippen molar-refractivity contribution in [2.24, 2.45) is 11.7 Å². The van der Waals surface area contributed by atoms with Crippen LogP contribution in [0.1, 0.15) is 19.4 Å². The summed E-state index contributed by atoms with van der Waals surface area (Å²) >= 11 is 0.